The normalized spacial score (nSPS) is 10.4. The van der Waals surface area contributed by atoms with E-state index >= 15 is 0 Å². The smallest absolute Gasteiger partial charge is 0.343 e. The second-order valence-electron chi connectivity index (χ2n) is 6.82. The largest absolute Gasteiger partial charge is 0.494 e. The average Bonchev–Trinajstić information content (AvgIpc) is 3.40. The van der Waals surface area contributed by atoms with Crippen molar-refractivity contribution in [1.29, 1.82) is 5.26 Å². The van der Waals surface area contributed by atoms with E-state index < -0.39 is 12.6 Å². The highest BCUT2D eigenvalue weighted by molar-refractivity contribution is 5.95. The van der Waals surface area contributed by atoms with E-state index in [1.807, 2.05) is 37.3 Å². The van der Waals surface area contributed by atoms with Crippen molar-refractivity contribution in [3.05, 3.63) is 71.2 Å². The number of nitrogens with zero attached hydrogens (tertiary/aromatic N) is 3. The number of esters is 1. The molecule has 0 bridgehead atoms. The monoisotopic (exact) mass is 421 g/mol. The van der Waals surface area contributed by atoms with Crippen LogP contribution in [0.3, 0.4) is 0 Å². The number of likely N-dealkylation sites (N-methyl/N-ethyl adjacent to an activating group) is 1. The van der Waals surface area contributed by atoms with Crippen LogP contribution in [-0.4, -0.2) is 41.6 Å². The van der Waals surface area contributed by atoms with Gasteiger partial charge in [0, 0.05) is 26.0 Å². The topological polar surface area (TPSA) is 97.7 Å². The molecule has 0 saturated carbocycles. The minimum absolute atomic E-state index is 0.0214. The van der Waals surface area contributed by atoms with Gasteiger partial charge in [-0.1, -0.05) is 12.1 Å². The number of rotatable bonds is 8. The van der Waals surface area contributed by atoms with E-state index in [1.54, 1.807) is 43.1 Å². The molecular weight excluding hydrogens is 398 g/mol. The number of benzene rings is 1. The summed E-state index contributed by atoms with van der Waals surface area (Å²) in [7, 11) is 1.63. The van der Waals surface area contributed by atoms with E-state index in [0.29, 0.717) is 13.2 Å². The first-order valence-corrected chi connectivity index (χ1v) is 9.74. The lowest BCUT2D eigenvalue weighted by molar-refractivity contribution is -0.133. The molecule has 2 heterocycles. The SMILES string of the molecule is CCOc1ccc(CN(C)C(=O)COC(=O)c2c(C)oc(-n3cccc3)c2C#N)cc1. The molecule has 0 aliphatic rings. The lowest BCUT2D eigenvalue weighted by Gasteiger charge is -2.17. The molecule has 31 heavy (non-hydrogen) atoms. The van der Waals surface area contributed by atoms with Crippen LogP contribution in [-0.2, 0) is 16.1 Å². The van der Waals surface area contributed by atoms with Gasteiger partial charge in [-0.2, -0.15) is 5.26 Å². The van der Waals surface area contributed by atoms with Crippen LogP contribution in [0.15, 0.2) is 53.2 Å². The van der Waals surface area contributed by atoms with Gasteiger partial charge in [0.1, 0.15) is 28.7 Å². The van der Waals surface area contributed by atoms with Crippen LogP contribution >= 0.6 is 0 Å². The third-order valence-corrected chi connectivity index (χ3v) is 4.63. The Morgan fingerprint density at radius 1 is 1.19 bits per heavy atom. The Kier molecular flexibility index (Phi) is 6.78. The zero-order chi connectivity index (χ0) is 22.4. The average molecular weight is 421 g/mol. The van der Waals surface area contributed by atoms with E-state index in [0.717, 1.165) is 11.3 Å². The van der Waals surface area contributed by atoms with Gasteiger partial charge in [-0.25, -0.2) is 4.79 Å². The number of nitriles is 1. The fourth-order valence-corrected chi connectivity index (χ4v) is 3.06. The fourth-order valence-electron chi connectivity index (χ4n) is 3.06. The van der Waals surface area contributed by atoms with E-state index in [2.05, 4.69) is 0 Å². The number of carbonyl (C=O) groups is 2. The van der Waals surface area contributed by atoms with Crippen LogP contribution in [0.25, 0.3) is 5.88 Å². The van der Waals surface area contributed by atoms with Crippen molar-refractivity contribution in [2.75, 3.05) is 20.3 Å². The van der Waals surface area contributed by atoms with Gasteiger partial charge in [-0.3, -0.25) is 9.36 Å². The molecule has 3 rings (SSSR count). The quantitative estimate of drug-likeness (QED) is 0.517. The zero-order valence-corrected chi connectivity index (χ0v) is 17.6. The van der Waals surface area contributed by atoms with Crippen LogP contribution in [0, 0.1) is 18.3 Å². The molecule has 0 fully saturated rings. The van der Waals surface area contributed by atoms with Crippen molar-refractivity contribution in [2.24, 2.45) is 0 Å². The van der Waals surface area contributed by atoms with E-state index in [4.69, 9.17) is 13.9 Å². The van der Waals surface area contributed by atoms with Crippen molar-refractivity contribution in [2.45, 2.75) is 20.4 Å². The van der Waals surface area contributed by atoms with E-state index in [-0.39, 0.29) is 28.7 Å². The van der Waals surface area contributed by atoms with Crippen LogP contribution in [0.5, 0.6) is 5.75 Å². The molecule has 1 amide bonds. The van der Waals surface area contributed by atoms with E-state index in [1.165, 1.54) is 4.90 Å². The summed E-state index contributed by atoms with van der Waals surface area (Å²) >= 11 is 0. The van der Waals surface area contributed by atoms with Gasteiger partial charge in [0.15, 0.2) is 6.61 Å². The number of furan rings is 1. The zero-order valence-electron chi connectivity index (χ0n) is 17.6. The van der Waals surface area contributed by atoms with Crippen molar-refractivity contribution >= 4 is 11.9 Å². The number of aryl methyl sites for hydroxylation is 1. The maximum atomic E-state index is 12.6. The Balaban J connectivity index is 1.62. The van der Waals surface area contributed by atoms with Gasteiger partial charge in [0.25, 0.3) is 5.91 Å². The van der Waals surface area contributed by atoms with Crippen molar-refractivity contribution in [1.82, 2.24) is 9.47 Å². The predicted octanol–water partition coefficient (Wildman–Crippen LogP) is 3.46. The molecule has 0 atom stereocenters. The Morgan fingerprint density at radius 2 is 1.87 bits per heavy atom. The summed E-state index contributed by atoms with van der Waals surface area (Å²) in [5, 5.41) is 9.53. The molecule has 0 radical (unpaired) electrons. The summed E-state index contributed by atoms with van der Waals surface area (Å²) in [5.74, 6) is 0.0973. The van der Waals surface area contributed by atoms with Crippen LogP contribution < -0.4 is 4.74 Å². The lowest BCUT2D eigenvalue weighted by Crippen LogP contribution is -2.31. The second kappa shape index (κ2) is 9.67. The van der Waals surface area contributed by atoms with Gasteiger partial charge in [0.2, 0.25) is 5.88 Å². The summed E-state index contributed by atoms with van der Waals surface area (Å²) in [4.78, 5) is 26.5. The number of hydrogen-bond donors (Lipinski definition) is 0. The summed E-state index contributed by atoms with van der Waals surface area (Å²) in [5.41, 5.74) is 1.00. The van der Waals surface area contributed by atoms with Crippen LogP contribution in [0.2, 0.25) is 0 Å². The summed E-state index contributed by atoms with van der Waals surface area (Å²) in [6.45, 7) is 3.98. The Morgan fingerprint density at radius 3 is 2.48 bits per heavy atom. The van der Waals surface area contributed by atoms with Crippen LogP contribution in [0.4, 0.5) is 0 Å². The number of amides is 1. The van der Waals surface area contributed by atoms with Crippen LogP contribution in [0.1, 0.15) is 34.2 Å². The molecule has 8 heteroatoms. The first-order chi connectivity index (χ1) is 14.9. The van der Waals surface area contributed by atoms with Crippen molar-refractivity contribution < 1.29 is 23.5 Å². The molecule has 0 unspecified atom stereocenters. The summed E-state index contributed by atoms with van der Waals surface area (Å²) < 4.78 is 17.8. The molecule has 0 N–H and O–H groups in total. The number of ether oxygens (including phenoxy) is 2. The first kappa shape index (κ1) is 21.7. The summed E-state index contributed by atoms with van der Waals surface area (Å²) in [6, 6.07) is 13.0. The molecule has 160 valence electrons. The van der Waals surface area contributed by atoms with Crippen molar-refractivity contribution in [3.8, 4) is 17.7 Å². The number of hydrogen-bond acceptors (Lipinski definition) is 6. The van der Waals surface area contributed by atoms with Gasteiger partial charge in [-0.15, -0.1) is 0 Å². The number of aromatic nitrogens is 1. The first-order valence-electron chi connectivity index (χ1n) is 9.74. The lowest BCUT2D eigenvalue weighted by atomic mass is 10.1. The molecule has 3 aromatic rings. The van der Waals surface area contributed by atoms with Gasteiger partial charge in [0.05, 0.1) is 6.61 Å². The number of carbonyl (C=O) groups excluding carboxylic acids is 2. The third-order valence-electron chi connectivity index (χ3n) is 4.63. The molecule has 8 nitrogen and oxygen atoms in total. The van der Waals surface area contributed by atoms with Gasteiger partial charge >= 0.3 is 5.97 Å². The molecule has 0 aliphatic carbocycles. The highest BCUT2D eigenvalue weighted by atomic mass is 16.5. The molecule has 0 saturated heterocycles. The van der Waals surface area contributed by atoms with E-state index in [9.17, 15) is 14.9 Å². The highest BCUT2D eigenvalue weighted by Crippen LogP contribution is 2.26. The Labute approximate surface area is 180 Å². The molecule has 2 aromatic heterocycles. The molecule has 0 spiro atoms. The molecular formula is C23H23N3O5. The molecule has 0 aliphatic heterocycles. The maximum Gasteiger partial charge on any atom is 0.343 e. The van der Waals surface area contributed by atoms with Gasteiger partial charge in [-0.05, 0) is 43.7 Å². The van der Waals surface area contributed by atoms with Crippen molar-refractivity contribution in [3.63, 3.8) is 0 Å². The Hall–Kier alpha value is -3.99. The standard InChI is InChI=1S/C23H23N3O5/c1-4-29-18-9-7-17(8-10-18)14-25(3)20(27)15-30-23(28)21-16(2)31-22(19(21)13-24)26-11-5-6-12-26/h5-12H,4,14-15H2,1-3H3. The maximum absolute atomic E-state index is 12.6. The molecule has 1 aromatic carbocycles. The minimum Gasteiger partial charge on any atom is -0.494 e. The van der Waals surface area contributed by atoms with Gasteiger partial charge < -0.3 is 18.8 Å². The highest BCUT2D eigenvalue weighted by Gasteiger charge is 2.26. The minimum atomic E-state index is -0.779. The Bertz CT molecular complexity index is 1090. The third kappa shape index (κ3) is 4.95. The summed E-state index contributed by atoms with van der Waals surface area (Å²) in [6.07, 6.45) is 3.40. The predicted molar refractivity (Wildman–Crippen MR) is 112 cm³/mol. The second-order valence-corrected chi connectivity index (χ2v) is 6.82. The fraction of sp³-hybridized carbons (Fsp3) is 0.261.